The van der Waals surface area contributed by atoms with E-state index in [1.807, 2.05) is 0 Å². The SMILES string of the molecule is CCCCCCNC(=O)c1cc2nc(C3CC3)cc(C(F)F)n2n1. The molecule has 0 radical (unpaired) electrons. The maximum atomic E-state index is 13.3. The summed E-state index contributed by atoms with van der Waals surface area (Å²) in [4.78, 5) is 16.5. The van der Waals surface area contributed by atoms with Crippen LogP contribution in [0.1, 0.15) is 79.7 Å². The van der Waals surface area contributed by atoms with Crippen LogP contribution in [0.3, 0.4) is 0 Å². The lowest BCUT2D eigenvalue weighted by molar-refractivity contribution is 0.0946. The maximum Gasteiger partial charge on any atom is 0.280 e. The minimum atomic E-state index is -2.65. The summed E-state index contributed by atoms with van der Waals surface area (Å²) in [6, 6.07) is 2.90. The monoisotopic (exact) mass is 336 g/mol. The van der Waals surface area contributed by atoms with Crippen LogP contribution in [0, 0.1) is 0 Å². The van der Waals surface area contributed by atoms with Crippen LogP contribution >= 0.6 is 0 Å². The molecule has 1 fully saturated rings. The van der Waals surface area contributed by atoms with Gasteiger partial charge in [-0.25, -0.2) is 18.3 Å². The highest BCUT2D eigenvalue weighted by molar-refractivity contribution is 5.93. The first-order chi connectivity index (χ1) is 11.6. The lowest BCUT2D eigenvalue weighted by atomic mass is 10.2. The normalized spacial score (nSPS) is 14.5. The number of alkyl halides is 2. The highest BCUT2D eigenvalue weighted by Crippen LogP contribution is 2.40. The molecule has 1 saturated carbocycles. The summed E-state index contributed by atoms with van der Waals surface area (Å²) in [5.41, 5.74) is 0.909. The number of hydrogen-bond donors (Lipinski definition) is 1. The second-order valence-corrected chi connectivity index (χ2v) is 6.30. The Kier molecular flexibility index (Phi) is 5.06. The summed E-state index contributed by atoms with van der Waals surface area (Å²) in [5, 5.41) is 6.82. The number of hydrogen-bond acceptors (Lipinski definition) is 3. The molecule has 5 nitrogen and oxygen atoms in total. The summed E-state index contributed by atoms with van der Waals surface area (Å²) < 4.78 is 27.7. The van der Waals surface area contributed by atoms with Crippen molar-refractivity contribution < 1.29 is 13.6 Å². The van der Waals surface area contributed by atoms with Crippen molar-refractivity contribution >= 4 is 11.6 Å². The first kappa shape index (κ1) is 16.8. The van der Waals surface area contributed by atoms with Crippen molar-refractivity contribution in [2.75, 3.05) is 6.54 Å². The van der Waals surface area contributed by atoms with Gasteiger partial charge in [0.15, 0.2) is 11.3 Å². The van der Waals surface area contributed by atoms with Crippen molar-refractivity contribution in [3.63, 3.8) is 0 Å². The highest BCUT2D eigenvalue weighted by atomic mass is 19.3. The number of nitrogens with zero attached hydrogens (tertiary/aromatic N) is 3. The van der Waals surface area contributed by atoms with Gasteiger partial charge < -0.3 is 5.32 Å². The van der Waals surface area contributed by atoms with Crippen molar-refractivity contribution in [3.05, 3.63) is 29.2 Å². The molecule has 24 heavy (non-hydrogen) atoms. The molecule has 2 aromatic rings. The molecular formula is C17H22F2N4O. The Morgan fingerprint density at radius 1 is 1.33 bits per heavy atom. The minimum absolute atomic E-state index is 0.132. The van der Waals surface area contributed by atoms with Crippen LogP contribution in [-0.4, -0.2) is 27.0 Å². The van der Waals surface area contributed by atoms with Crippen LogP contribution in [0.4, 0.5) is 8.78 Å². The number of carbonyl (C=O) groups excluding carboxylic acids is 1. The van der Waals surface area contributed by atoms with Crippen LogP contribution in [0.15, 0.2) is 12.1 Å². The summed E-state index contributed by atoms with van der Waals surface area (Å²) in [7, 11) is 0. The van der Waals surface area contributed by atoms with Gasteiger partial charge in [-0.15, -0.1) is 0 Å². The van der Waals surface area contributed by atoms with Gasteiger partial charge in [-0.3, -0.25) is 4.79 Å². The quantitative estimate of drug-likeness (QED) is 0.745. The zero-order valence-corrected chi connectivity index (χ0v) is 13.8. The zero-order chi connectivity index (χ0) is 17.1. The lowest BCUT2D eigenvalue weighted by Gasteiger charge is -2.06. The van der Waals surface area contributed by atoms with E-state index in [1.165, 1.54) is 12.1 Å². The predicted octanol–water partition coefficient (Wildman–Crippen LogP) is 3.85. The Hall–Kier alpha value is -2.05. The summed E-state index contributed by atoms with van der Waals surface area (Å²) in [6.07, 6.45) is 3.53. The molecule has 0 aliphatic heterocycles. The van der Waals surface area contributed by atoms with Crippen molar-refractivity contribution in [1.82, 2.24) is 19.9 Å². The number of amides is 1. The smallest absolute Gasteiger partial charge is 0.280 e. The fourth-order valence-electron chi connectivity index (χ4n) is 2.72. The van der Waals surface area contributed by atoms with Crippen LogP contribution in [0.25, 0.3) is 5.65 Å². The van der Waals surface area contributed by atoms with Crippen LogP contribution in [0.5, 0.6) is 0 Å². The lowest BCUT2D eigenvalue weighted by Crippen LogP contribution is -2.24. The van der Waals surface area contributed by atoms with Crippen molar-refractivity contribution in [1.29, 1.82) is 0 Å². The Labute approximate surface area is 139 Å². The molecule has 1 amide bonds. The topological polar surface area (TPSA) is 59.3 Å². The van der Waals surface area contributed by atoms with Gasteiger partial charge in [0.05, 0.1) is 0 Å². The van der Waals surface area contributed by atoms with Crippen LogP contribution < -0.4 is 5.32 Å². The summed E-state index contributed by atoms with van der Waals surface area (Å²) >= 11 is 0. The molecule has 3 rings (SSSR count). The van der Waals surface area contributed by atoms with E-state index < -0.39 is 6.43 Å². The van der Waals surface area contributed by atoms with Gasteiger partial charge >= 0.3 is 0 Å². The Morgan fingerprint density at radius 2 is 2.12 bits per heavy atom. The molecule has 0 spiro atoms. The standard InChI is InChI=1S/C17H22F2N4O/c1-2-3-4-5-8-20-17(24)13-10-15-21-12(11-6-7-11)9-14(16(18)19)23(15)22-13/h9-11,16H,2-8H2,1H3,(H,20,24). The van der Waals surface area contributed by atoms with E-state index >= 15 is 0 Å². The van der Waals surface area contributed by atoms with E-state index in [0.29, 0.717) is 17.9 Å². The first-order valence-electron chi connectivity index (χ1n) is 8.57. The Bertz CT molecular complexity index is 725. The molecule has 130 valence electrons. The van der Waals surface area contributed by atoms with Crippen molar-refractivity contribution in [3.8, 4) is 0 Å². The number of halogens is 2. The van der Waals surface area contributed by atoms with E-state index in [1.54, 1.807) is 0 Å². The third kappa shape index (κ3) is 3.71. The molecule has 0 atom stereocenters. The van der Waals surface area contributed by atoms with Gasteiger partial charge in [-0.2, -0.15) is 5.10 Å². The van der Waals surface area contributed by atoms with E-state index in [9.17, 15) is 13.6 Å². The second-order valence-electron chi connectivity index (χ2n) is 6.30. The first-order valence-corrected chi connectivity index (χ1v) is 8.57. The fourth-order valence-corrected chi connectivity index (χ4v) is 2.72. The second kappa shape index (κ2) is 7.23. The Morgan fingerprint density at radius 3 is 2.79 bits per heavy atom. The van der Waals surface area contributed by atoms with Crippen molar-refractivity contribution in [2.45, 2.75) is 57.8 Å². The summed E-state index contributed by atoms with van der Waals surface area (Å²) in [6.45, 7) is 2.69. The van der Waals surface area contributed by atoms with E-state index in [4.69, 9.17) is 0 Å². The number of aromatic nitrogens is 3. The molecule has 0 unspecified atom stereocenters. The van der Waals surface area contributed by atoms with Gasteiger partial charge in [0.1, 0.15) is 5.69 Å². The molecular weight excluding hydrogens is 314 g/mol. The third-order valence-corrected chi connectivity index (χ3v) is 4.24. The molecule has 2 aromatic heterocycles. The number of fused-ring (bicyclic) bond motifs is 1. The predicted molar refractivity (Wildman–Crippen MR) is 86.4 cm³/mol. The van der Waals surface area contributed by atoms with Gasteiger partial charge in [-0.05, 0) is 25.3 Å². The number of unbranched alkanes of at least 4 members (excludes halogenated alkanes) is 3. The highest BCUT2D eigenvalue weighted by Gasteiger charge is 2.28. The zero-order valence-electron chi connectivity index (χ0n) is 13.8. The van der Waals surface area contributed by atoms with E-state index in [-0.39, 0.29) is 23.2 Å². The third-order valence-electron chi connectivity index (χ3n) is 4.24. The molecule has 1 aliphatic carbocycles. The molecule has 7 heteroatoms. The maximum absolute atomic E-state index is 13.3. The van der Waals surface area contributed by atoms with E-state index in [0.717, 1.165) is 43.0 Å². The summed E-state index contributed by atoms with van der Waals surface area (Å²) in [5.74, 6) is -0.0802. The molecule has 1 aliphatic rings. The van der Waals surface area contributed by atoms with Gasteiger partial charge in [0.25, 0.3) is 12.3 Å². The van der Waals surface area contributed by atoms with Crippen molar-refractivity contribution in [2.24, 2.45) is 0 Å². The molecule has 0 aromatic carbocycles. The van der Waals surface area contributed by atoms with Crippen LogP contribution in [0.2, 0.25) is 0 Å². The largest absolute Gasteiger partial charge is 0.351 e. The average molecular weight is 336 g/mol. The molecule has 2 heterocycles. The average Bonchev–Trinajstić information content (AvgIpc) is 3.32. The van der Waals surface area contributed by atoms with Gasteiger partial charge in [0.2, 0.25) is 0 Å². The minimum Gasteiger partial charge on any atom is -0.351 e. The molecule has 0 bridgehead atoms. The van der Waals surface area contributed by atoms with Gasteiger partial charge in [0, 0.05) is 24.2 Å². The molecule has 1 N–H and O–H groups in total. The number of rotatable bonds is 8. The van der Waals surface area contributed by atoms with Crippen LogP contribution in [-0.2, 0) is 0 Å². The number of carbonyl (C=O) groups is 1. The fraction of sp³-hybridized carbons (Fsp3) is 0.588. The molecule has 0 saturated heterocycles. The van der Waals surface area contributed by atoms with Gasteiger partial charge in [-0.1, -0.05) is 26.2 Å². The number of nitrogens with one attached hydrogen (secondary N) is 1. The Balaban J connectivity index is 1.77. The van der Waals surface area contributed by atoms with E-state index in [2.05, 4.69) is 22.3 Å².